The molecule has 0 radical (unpaired) electrons. The lowest BCUT2D eigenvalue weighted by Crippen LogP contribution is -2.18. The Morgan fingerprint density at radius 1 is 0.933 bits per heavy atom. The summed E-state index contributed by atoms with van der Waals surface area (Å²) < 4.78 is 5.00. The molecule has 2 nitrogen and oxygen atoms in total. The monoisotopic (exact) mass is 228 g/mol. The Morgan fingerprint density at radius 2 is 1.33 bits per heavy atom. The Kier molecular flexibility index (Phi) is 5.87. The maximum Gasteiger partial charge on any atom is 0.320 e. The first kappa shape index (κ1) is 14.4. The van der Waals surface area contributed by atoms with Crippen LogP contribution in [0.4, 0.5) is 0 Å². The topological polar surface area (TPSA) is 26.3 Å². The molecule has 0 aromatic heterocycles. The van der Waals surface area contributed by atoms with Crippen LogP contribution in [0.25, 0.3) is 0 Å². The molecule has 88 valence electrons. The fraction of sp³-hybridized carbons (Fsp3) is 0.750. The van der Waals surface area contributed by atoms with E-state index in [4.69, 9.17) is 4.43 Å². The Balaban J connectivity index is 5.46. The largest absolute Gasteiger partial charge is 0.525 e. The second-order valence-electron chi connectivity index (χ2n) is 4.82. The standard InChI is InChI=1S/C12H24O2Si/c1-7(2)10(8(3)4)11(9(5)6)12(13)14-15/h7-9H,1-6,15H3. The molecule has 15 heavy (non-hydrogen) atoms. The van der Waals surface area contributed by atoms with Crippen molar-refractivity contribution in [1.82, 2.24) is 0 Å². The van der Waals surface area contributed by atoms with Crippen LogP contribution in [-0.4, -0.2) is 16.5 Å². The molecular weight excluding hydrogens is 204 g/mol. The summed E-state index contributed by atoms with van der Waals surface area (Å²) in [6, 6.07) is 0. The van der Waals surface area contributed by atoms with Crippen molar-refractivity contribution in [3.63, 3.8) is 0 Å². The van der Waals surface area contributed by atoms with E-state index in [1.807, 2.05) is 0 Å². The van der Waals surface area contributed by atoms with Crippen LogP contribution in [0.2, 0.25) is 0 Å². The minimum atomic E-state index is -0.117. The van der Waals surface area contributed by atoms with Gasteiger partial charge in [-0.15, -0.1) is 0 Å². The van der Waals surface area contributed by atoms with Crippen molar-refractivity contribution in [2.45, 2.75) is 41.5 Å². The third kappa shape index (κ3) is 3.82. The van der Waals surface area contributed by atoms with Crippen molar-refractivity contribution >= 4 is 16.5 Å². The van der Waals surface area contributed by atoms with E-state index in [0.717, 1.165) is 5.57 Å². The number of rotatable bonds is 4. The molecule has 0 aromatic rings. The van der Waals surface area contributed by atoms with Gasteiger partial charge < -0.3 is 4.43 Å². The number of allylic oxidation sites excluding steroid dienone is 1. The van der Waals surface area contributed by atoms with Crippen LogP contribution in [0.3, 0.4) is 0 Å². The summed E-state index contributed by atoms with van der Waals surface area (Å²) in [5, 5.41) is 0. The van der Waals surface area contributed by atoms with Crippen molar-refractivity contribution in [1.29, 1.82) is 0 Å². The molecule has 0 amide bonds. The molecule has 0 rings (SSSR count). The molecule has 0 aromatic carbocycles. The molecule has 0 aliphatic carbocycles. The van der Waals surface area contributed by atoms with E-state index in [0.29, 0.717) is 22.3 Å². The molecule has 0 fully saturated rings. The van der Waals surface area contributed by atoms with E-state index in [2.05, 4.69) is 41.5 Å². The minimum absolute atomic E-state index is 0.117. The van der Waals surface area contributed by atoms with E-state index in [-0.39, 0.29) is 11.9 Å². The second kappa shape index (κ2) is 6.11. The van der Waals surface area contributed by atoms with E-state index in [9.17, 15) is 4.79 Å². The number of hydrogen-bond acceptors (Lipinski definition) is 2. The van der Waals surface area contributed by atoms with E-state index >= 15 is 0 Å². The molecule has 0 heterocycles. The maximum absolute atomic E-state index is 11.8. The summed E-state index contributed by atoms with van der Waals surface area (Å²) in [6.45, 7) is 12.7. The van der Waals surface area contributed by atoms with Crippen LogP contribution in [0, 0.1) is 17.8 Å². The second-order valence-corrected chi connectivity index (χ2v) is 5.23. The zero-order chi connectivity index (χ0) is 12.2. The van der Waals surface area contributed by atoms with Gasteiger partial charge in [0.05, 0.1) is 0 Å². The molecule has 0 aliphatic heterocycles. The van der Waals surface area contributed by atoms with Gasteiger partial charge in [-0.05, 0) is 17.8 Å². The third-order valence-electron chi connectivity index (χ3n) is 2.54. The lowest BCUT2D eigenvalue weighted by molar-refractivity contribution is -0.130. The van der Waals surface area contributed by atoms with Gasteiger partial charge in [-0.25, -0.2) is 4.79 Å². The fourth-order valence-electron chi connectivity index (χ4n) is 2.09. The highest BCUT2D eigenvalue weighted by Crippen LogP contribution is 2.28. The molecule has 0 aliphatic rings. The fourth-order valence-corrected chi connectivity index (χ4v) is 2.31. The quantitative estimate of drug-likeness (QED) is 0.544. The van der Waals surface area contributed by atoms with Crippen LogP contribution in [0.15, 0.2) is 11.1 Å². The van der Waals surface area contributed by atoms with Crippen molar-refractivity contribution < 1.29 is 9.22 Å². The van der Waals surface area contributed by atoms with Crippen LogP contribution >= 0.6 is 0 Å². The Bertz CT molecular complexity index is 242. The highest BCUT2D eigenvalue weighted by atomic mass is 28.2. The maximum atomic E-state index is 11.8. The number of carbonyl (C=O) groups excluding carboxylic acids is 1. The van der Waals surface area contributed by atoms with Crippen molar-refractivity contribution in [2.75, 3.05) is 0 Å². The van der Waals surface area contributed by atoms with Crippen LogP contribution in [-0.2, 0) is 9.22 Å². The lowest BCUT2D eigenvalue weighted by atomic mass is 9.84. The average molecular weight is 228 g/mol. The van der Waals surface area contributed by atoms with Crippen LogP contribution in [0.5, 0.6) is 0 Å². The normalized spacial score (nSPS) is 11.3. The molecule has 0 saturated carbocycles. The van der Waals surface area contributed by atoms with E-state index in [1.54, 1.807) is 0 Å². The number of hydrogen-bond donors (Lipinski definition) is 0. The first-order valence-corrected chi connectivity index (χ1v) is 6.46. The van der Waals surface area contributed by atoms with Crippen LogP contribution < -0.4 is 0 Å². The number of carbonyl (C=O) groups is 1. The Morgan fingerprint density at radius 3 is 1.53 bits per heavy atom. The molecule has 0 spiro atoms. The third-order valence-corrected chi connectivity index (χ3v) is 2.91. The summed E-state index contributed by atoms with van der Waals surface area (Å²) in [5.74, 6) is 0.937. The van der Waals surface area contributed by atoms with Gasteiger partial charge in [0.1, 0.15) is 0 Å². The van der Waals surface area contributed by atoms with E-state index < -0.39 is 0 Å². The smallest absolute Gasteiger partial charge is 0.320 e. The van der Waals surface area contributed by atoms with Gasteiger partial charge in [-0.2, -0.15) is 0 Å². The zero-order valence-electron chi connectivity index (χ0n) is 11.0. The Hall–Kier alpha value is -0.573. The van der Waals surface area contributed by atoms with Crippen molar-refractivity contribution in [2.24, 2.45) is 17.8 Å². The van der Waals surface area contributed by atoms with Gasteiger partial charge in [0, 0.05) is 5.57 Å². The van der Waals surface area contributed by atoms with Gasteiger partial charge in [-0.1, -0.05) is 47.1 Å². The molecule has 3 heteroatoms. The van der Waals surface area contributed by atoms with Gasteiger partial charge in [0.15, 0.2) is 0 Å². The first-order chi connectivity index (χ1) is 6.82. The lowest BCUT2D eigenvalue weighted by Gasteiger charge is -2.22. The summed E-state index contributed by atoms with van der Waals surface area (Å²) >= 11 is 0. The van der Waals surface area contributed by atoms with Crippen molar-refractivity contribution in [3.05, 3.63) is 11.1 Å². The molecule has 0 saturated heterocycles. The summed E-state index contributed by atoms with van der Waals surface area (Å²) in [5.41, 5.74) is 2.13. The summed E-state index contributed by atoms with van der Waals surface area (Å²) in [4.78, 5) is 11.8. The first-order valence-electron chi connectivity index (χ1n) is 5.65. The average Bonchev–Trinajstić information content (AvgIpc) is 2.10. The summed E-state index contributed by atoms with van der Waals surface area (Å²) in [7, 11) is 0.470. The van der Waals surface area contributed by atoms with Crippen molar-refractivity contribution in [3.8, 4) is 0 Å². The molecule has 0 atom stereocenters. The molecule has 0 bridgehead atoms. The van der Waals surface area contributed by atoms with Gasteiger partial charge in [0.2, 0.25) is 10.5 Å². The SMILES string of the molecule is CC(C)C(C(=O)O[SiH3])=C(C(C)C)C(C)C. The van der Waals surface area contributed by atoms with E-state index in [1.165, 1.54) is 5.57 Å². The Labute approximate surface area is 96.6 Å². The van der Waals surface area contributed by atoms with Gasteiger partial charge in [-0.3, -0.25) is 0 Å². The zero-order valence-corrected chi connectivity index (χ0v) is 13.0. The molecule has 0 N–H and O–H groups in total. The van der Waals surface area contributed by atoms with Gasteiger partial charge in [0.25, 0.3) is 0 Å². The highest BCUT2D eigenvalue weighted by molar-refractivity contribution is 6.09. The predicted molar refractivity (Wildman–Crippen MR) is 67.6 cm³/mol. The van der Waals surface area contributed by atoms with Gasteiger partial charge >= 0.3 is 5.97 Å². The highest BCUT2D eigenvalue weighted by Gasteiger charge is 2.22. The minimum Gasteiger partial charge on any atom is -0.525 e. The molecular formula is C12H24O2Si. The predicted octanol–water partition coefficient (Wildman–Crippen LogP) is 2.07. The molecule has 0 unspecified atom stereocenters. The van der Waals surface area contributed by atoms with Crippen LogP contribution in [0.1, 0.15) is 41.5 Å². The summed E-state index contributed by atoms with van der Waals surface area (Å²) in [6.07, 6.45) is 0.